The fraction of sp³-hybridized carbons (Fsp3) is 0.842. The highest BCUT2D eigenvalue weighted by molar-refractivity contribution is 5.84. The smallest absolute Gasteiger partial charge is 0.240 e. The monoisotopic (exact) mass is 392 g/mol. The van der Waals surface area contributed by atoms with Crippen molar-refractivity contribution in [2.75, 3.05) is 27.2 Å². The molecule has 0 atom stereocenters. The minimum Gasteiger partial charge on any atom is -1.00 e. The number of halogens is 1. The maximum absolute atomic E-state index is 9.47. The minimum atomic E-state index is -0.481. The summed E-state index contributed by atoms with van der Waals surface area (Å²) < 4.78 is 1.19. The quantitative estimate of drug-likeness (QED) is 0.289. The second kappa shape index (κ2) is 19.7. The molecule has 0 radical (unpaired) electrons. The molecule has 23 heavy (non-hydrogen) atoms. The van der Waals surface area contributed by atoms with Gasteiger partial charge < -0.3 is 27.2 Å². The molecule has 0 rings (SSSR count). The molecule has 0 aliphatic heterocycles. The molecule has 0 fully saturated rings. The van der Waals surface area contributed by atoms with Crippen LogP contribution in [-0.4, -0.2) is 37.6 Å². The number of quaternary nitrogens is 1. The third-order valence-electron chi connectivity index (χ3n) is 4.17. The fourth-order valence-electron chi connectivity index (χ4n) is 2.19. The number of primary amides is 1. The lowest BCUT2D eigenvalue weighted by Crippen LogP contribution is -3.00. The van der Waals surface area contributed by atoms with Gasteiger partial charge >= 0.3 is 0 Å². The molecule has 3 nitrogen and oxygen atoms in total. The second-order valence-corrected chi connectivity index (χ2v) is 6.76. The van der Waals surface area contributed by atoms with Gasteiger partial charge in [-0.15, -0.1) is 0 Å². The van der Waals surface area contributed by atoms with Crippen LogP contribution in [0, 0.1) is 0 Å². The van der Waals surface area contributed by atoms with E-state index in [1.807, 2.05) is 0 Å². The van der Waals surface area contributed by atoms with E-state index >= 15 is 0 Å². The van der Waals surface area contributed by atoms with E-state index in [1.54, 1.807) is 0 Å². The van der Waals surface area contributed by atoms with Crippen molar-refractivity contribution in [3.8, 4) is 0 Å². The number of rotatable bonds is 13. The molecular formula is C19H41BrN2O. The Morgan fingerprint density at radius 1 is 0.913 bits per heavy atom. The lowest BCUT2D eigenvalue weighted by Gasteiger charge is -2.28. The van der Waals surface area contributed by atoms with Crippen molar-refractivity contribution >= 4 is 5.91 Å². The second-order valence-electron chi connectivity index (χ2n) is 6.76. The maximum Gasteiger partial charge on any atom is 0.240 e. The van der Waals surface area contributed by atoms with Crippen LogP contribution in [0.5, 0.6) is 0 Å². The van der Waals surface area contributed by atoms with E-state index in [0.29, 0.717) is 0 Å². The lowest BCUT2D eigenvalue weighted by molar-refractivity contribution is -0.888. The number of nitrogens with zero attached hydrogens (tertiary/aromatic N) is 1. The van der Waals surface area contributed by atoms with Crippen molar-refractivity contribution in [3.05, 3.63) is 12.7 Å². The van der Waals surface area contributed by atoms with Crippen LogP contribution in [0.4, 0.5) is 0 Å². The Bertz CT molecular complexity index is 268. The van der Waals surface area contributed by atoms with E-state index in [1.165, 1.54) is 81.8 Å². The van der Waals surface area contributed by atoms with Crippen molar-refractivity contribution in [2.24, 2.45) is 5.73 Å². The van der Waals surface area contributed by atoms with E-state index in [9.17, 15) is 4.79 Å². The van der Waals surface area contributed by atoms with Gasteiger partial charge in [-0.05, 0) is 25.8 Å². The van der Waals surface area contributed by atoms with Crippen LogP contribution in [0.1, 0.15) is 78.1 Å². The molecule has 0 aromatic heterocycles. The largest absolute Gasteiger partial charge is 1.00 e. The highest BCUT2D eigenvalue weighted by atomic mass is 79.9. The van der Waals surface area contributed by atoms with Gasteiger partial charge in [0, 0.05) is 0 Å². The summed E-state index contributed by atoms with van der Waals surface area (Å²) >= 11 is 0. The third kappa shape index (κ3) is 26.8. The van der Waals surface area contributed by atoms with Crippen LogP contribution in [0.25, 0.3) is 0 Å². The standard InChI is InChI=1S/C16H36N.C3H5NO.BrH/c1-5-7-8-9-10-11-12-13-14-15-16-17(3,4)6-2;1-2-3(4)5;/h5-16H2,1-4H3;2H,1H2,(H2,4,5);1H/q+1;;/p-1. The Kier molecular flexibility index (Phi) is 23.5. The van der Waals surface area contributed by atoms with E-state index in [4.69, 9.17) is 0 Å². The summed E-state index contributed by atoms with van der Waals surface area (Å²) in [6.45, 7) is 10.3. The summed E-state index contributed by atoms with van der Waals surface area (Å²) in [7, 11) is 4.68. The first-order chi connectivity index (χ1) is 10.4. The Balaban J connectivity index is -0.000000578. The molecule has 0 aliphatic rings. The zero-order valence-electron chi connectivity index (χ0n) is 16.1. The molecule has 2 N–H and O–H groups in total. The van der Waals surface area contributed by atoms with Gasteiger partial charge in [-0.2, -0.15) is 0 Å². The molecule has 0 saturated carbocycles. The van der Waals surface area contributed by atoms with Gasteiger partial charge in [0.05, 0.1) is 27.2 Å². The third-order valence-corrected chi connectivity index (χ3v) is 4.17. The number of nitrogens with two attached hydrogens (primary N) is 1. The van der Waals surface area contributed by atoms with E-state index in [2.05, 4.69) is 40.3 Å². The predicted octanol–water partition coefficient (Wildman–Crippen LogP) is 1.67. The van der Waals surface area contributed by atoms with Crippen molar-refractivity contribution in [1.82, 2.24) is 0 Å². The summed E-state index contributed by atoms with van der Waals surface area (Å²) in [4.78, 5) is 9.47. The minimum absolute atomic E-state index is 0. The predicted molar refractivity (Wildman–Crippen MR) is 98.8 cm³/mol. The fourth-order valence-corrected chi connectivity index (χ4v) is 2.19. The van der Waals surface area contributed by atoms with Gasteiger partial charge in [-0.25, -0.2) is 0 Å². The SMILES string of the molecule is C=CC(N)=O.CCCCCCCCCCCC[N+](C)(C)CC.[Br-]. The Morgan fingerprint density at radius 2 is 1.26 bits per heavy atom. The average Bonchev–Trinajstić information content (AvgIpc) is 2.49. The zero-order chi connectivity index (χ0) is 17.3. The van der Waals surface area contributed by atoms with Crippen molar-refractivity contribution < 1.29 is 26.3 Å². The van der Waals surface area contributed by atoms with Crippen molar-refractivity contribution in [3.63, 3.8) is 0 Å². The highest BCUT2D eigenvalue weighted by Gasteiger charge is 2.09. The molecule has 0 bridgehead atoms. The number of unbranched alkanes of at least 4 members (excludes halogenated alkanes) is 9. The molecular weight excluding hydrogens is 352 g/mol. The zero-order valence-corrected chi connectivity index (χ0v) is 17.7. The molecule has 0 heterocycles. The summed E-state index contributed by atoms with van der Waals surface area (Å²) in [5, 5.41) is 0. The molecule has 140 valence electrons. The Labute approximate surface area is 156 Å². The Hall–Kier alpha value is -0.350. The Morgan fingerprint density at radius 3 is 1.57 bits per heavy atom. The lowest BCUT2D eigenvalue weighted by atomic mass is 10.1. The number of hydrogen-bond acceptors (Lipinski definition) is 1. The molecule has 4 heteroatoms. The first kappa shape index (κ1) is 27.5. The van der Waals surface area contributed by atoms with Gasteiger partial charge in [-0.3, -0.25) is 4.79 Å². The molecule has 0 spiro atoms. The normalized spacial score (nSPS) is 10.3. The molecule has 0 saturated heterocycles. The number of hydrogen-bond donors (Lipinski definition) is 1. The van der Waals surface area contributed by atoms with Gasteiger partial charge in [0.25, 0.3) is 0 Å². The van der Waals surface area contributed by atoms with Crippen molar-refractivity contribution in [1.29, 1.82) is 0 Å². The van der Waals surface area contributed by atoms with E-state index in [0.717, 1.165) is 6.08 Å². The summed E-state index contributed by atoms with van der Waals surface area (Å²) in [6, 6.07) is 0. The van der Waals surface area contributed by atoms with Crippen LogP contribution >= 0.6 is 0 Å². The first-order valence-electron chi connectivity index (χ1n) is 9.13. The molecule has 0 aliphatic carbocycles. The van der Waals surface area contributed by atoms with Crippen LogP contribution < -0.4 is 22.7 Å². The molecule has 0 aromatic carbocycles. The van der Waals surface area contributed by atoms with Crippen LogP contribution in [0.3, 0.4) is 0 Å². The highest BCUT2D eigenvalue weighted by Crippen LogP contribution is 2.11. The van der Waals surface area contributed by atoms with E-state index < -0.39 is 5.91 Å². The van der Waals surface area contributed by atoms with Gasteiger partial charge in [0.15, 0.2) is 0 Å². The van der Waals surface area contributed by atoms with Gasteiger partial charge in [-0.1, -0.05) is 64.9 Å². The van der Waals surface area contributed by atoms with Crippen LogP contribution in [0.15, 0.2) is 12.7 Å². The van der Waals surface area contributed by atoms with Gasteiger partial charge in [0.2, 0.25) is 5.91 Å². The number of carbonyl (C=O) groups excluding carboxylic acids is 1. The summed E-state index contributed by atoms with van der Waals surface area (Å²) in [5.41, 5.74) is 4.53. The summed E-state index contributed by atoms with van der Waals surface area (Å²) in [5.74, 6) is -0.481. The van der Waals surface area contributed by atoms with Crippen LogP contribution in [-0.2, 0) is 4.79 Å². The van der Waals surface area contributed by atoms with Crippen molar-refractivity contribution in [2.45, 2.75) is 78.1 Å². The maximum atomic E-state index is 9.47. The molecule has 1 amide bonds. The first-order valence-corrected chi connectivity index (χ1v) is 9.13. The van der Waals surface area contributed by atoms with E-state index in [-0.39, 0.29) is 17.0 Å². The molecule has 0 aromatic rings. The topological polar surface area (TPSA) is 43.1 Å². The number of carbonyl (C=O) groups is 1. The molecule has 0 unspecified atom stereocenters. The van der Waals surface area contributed by atoms with Gasteiger partial charge in [0.1, 0.15) is 0 Å². The summed E-state index contributed by atoms with van der Waals surface area (Å²) in [6.07, 6.45) is 15.5. The van der Waals surface area contributed by atoms with Crippen LogP contribution in [0.2, 0.25) is 0 Å². The number of amides is 1. The average molecular weight is 393 g/mol.